The van der Waals surface area contributed by atoms with Crippen LogP contribution in [0.4, 0.5) is 13.2 Å². The van der Waals surface area contributed by atoms with Crippen LogP contribution in [0, 0.1) is 17.8 Å². The lowest BCUT2D eigenvalue weighted by Crippen LogP contribution is -2.57. The number of aliphatic hydroxyl groups excluding tert-OH is 2. The lowest BCUT2D eigenvalue weighted by molar-refractivity contribution is -0.0708. The third-order valence-electron chi connectivity index (χ3n) is 3.15. The Morgan fingerprint density at radius 3 is 2.38 bits per heavy atom. The number of rotatable bonds is 0. The highest BCUT2D eigenvalue weighted by Crippen LogP contribution is 2.46. The molecule has 1 aliphatic carbocycles. The smallest absolute Gasteiger partial charge is 0.389 e. The summed E-state index contributed by atoms with van der Waals surface area (Å²) in [5.74, 6) is 2.37. The van der Waals surface area contributed by atoms with Gasteiger partial charge in [0.05, 0.1) is 18.1 Å². The molecule has 90 valence electrons. The van der Waals surface area contributed by atoms with Gasteiger partial charge >= 0.3 is 6.18 Å². The van der Waals surface area contributed by atoms with Crippen molar-refractivity contribution in [2.75, 3.05) is 6.54 Å². The Bertz CT molecular complexity index is 340. The number of β-amino-alcohol motifs (C(OH)–C–C–N with tert-alkyl or cyclic N) is 1. The molecule has 0 aromatic carbocycles. The first kappa shape index (κ1) is 11.7. The number of nitrogens with one attached hydrogen (secondary N) is 1. The molecule has 0 aromatic heterocycles. The topological polar surface area (TPSA) is 52.5 Å². The SMILES string of the molecule is OC1CNC2(CC2)C(C#CC(F)(F)F)C1O. The maximum absolute atomic E-state index is 12.0. The summed E-state index contributed by atoms with van der Waals surface area (Å²) >= 11 is 0. The van der Waals surface area contributed by atoms with E-state index in [0.29, 0.717) is 12.8 Å². The first-order valence-corrected chi connectivity index (χ1v) is 5.05. The second-order valence-corrected chi connectivity index (χ2v) is 4.34. The van der Waals surface area contributed by atoms with Crippen molar-refractivity contribution in [3.05, 3.63) is 0 Å². The van der Waals surface area contributed by atoms with Crippen LogP contribution in [0.2, 0.25) is 0 Å². The van der Waals surface area contributed by atoms with E-state index >= 15 is 0 Å². The first-order valence-electron chi connectivity index (χ1n) is 5.05. The molecule has 6 heteroatoms. The molecule has 0 amide bonds. The average Bonchev–Trinajstić information content (AvgIpc) is 2.92. The van der Waals surface area contributed by atoms with Crippen molar-refractivity contribution in [1.82, 2.24) is 5.32 Å². The van der Waals surface area contributed by atoms with Crippen LogP contribution in [0.1, 0.15) is 12.8 Å². The molecule has 1 saturated carbocycles. The largest absolute Gasteiger partial charge is 0.457 e. The average molecular weight is 235 g/mol. The van der Waals surface area contributed by atoms with Crippen molar-refractivity contribution in [3.8, 4) is 11.8 Å². The minimum atomic E-state index is -4.56. The minimum Gasteiger partial charge on any atom is -0.389 e. The first-order chi connectivity index (χ1) is 7.34. The zero-order valence-electron chi connectivity index (χ0n) is 8.38. The molecule has 0 bridgehead atoms. The molecular weight excluding hydrogens is 223 g/mol. The number of piperidine rings is 1. The van der Waals surface area contributed by atoms with Crippen molar-refractivity contribution in [2.24, 2.45) is 5.92 Å². The monoisotopic (exact) mass is 235 g/mol. The summed E-state index contributed by atoms with van der Waals surface area (Å²) in [4.78, 5) is 0. The molecule has 1 saturated heterocycles. The van der Waals surface area contributed by atoms with Crippen molar-refractivity contribution in [2.45, 2.75) is 36.8 Å². The van der Waals surface area contributed by atoms with Gasteiger partial charge in [0.15, 0.2) is 0 Å². The summed E-state index contributed by atoms with van der Waals surface area (Å²) in [5, 5.41) is 22.0. The summed E-state index contributed by atoms with van der Waals surface area (Å²) in [6.07, 6.45) is -5.45. The highest BCUT2D eigenvalue weighted by molar-refractivity contribution is 5.24. The lowest BCUT2D eigenvalue weighted by atomic mass is 9.85. The van der Waals surface area contributed by atoms with Crippen LogP contribution in [0.25, 0.3) is 0 Å². The lowest BCUT2D eigenvalue weighted by Gasteiger charge is -2.37. The standard InChI is InChI=1S/C10H12F3NO2/c11-10(12,13)2-1-6-8(16)7(15)5-14-9(6)3-4-9/h6-8,14-16H,3-5H2. The van der Waals surface area contributed by atoms with Crippen molar-refractivity contribution >= 4 is 0 Å². The van der Waals surface area contributed by atoms with Gasteiger partial charge in [0.1, 0.15) is 0 Å². The number of hydrogen-bond acceptors (Lipinski definition) is 3. The molecule has 3 unspecified atom stereocenters. The Labute approximate surface area is 90.6 Å². The van der Waals surface area contributed by atoms with E-state index in [0.717, 1.165) is 0 Å². The predicted octanol–water partition coefficient (Wildman–Crippen LogP) is 0.0259. The summed E-state index contributed by atoms with van der Waals surface area (Å²) in [7, 11) is 0. The molecule has 2 fully saturated rings. The molecule has 3 nitrogen and oxygen atoms in total. The molecule has 0 radical (unpaired) electrons. The normalized spacial score (nSPS) is 36.7. The molecule has 3 N–H and O–H groups in total. The van der Waals surface area contributed by atoms with Crippen LogP contribution in [0.15, 0.2) is 0 Å². The van der Waals surface area contributed by atoms with Gasteiger partial charge in [-0.3, -0.25) is 0 Å². The summed E-state index contributed by atoms with van der Waals surface area (Å²) in [5.41, 5.74) is -0.517. The Morgan fingerprint density at radius 1 is 1.25 bits per heavy atom. The van der Waals surface area contributed by atoms with Crippen LogP contribution >= 0.6 is 0 Å². The second kappa shape index (κ2) is 3.62. The van der Waals surface area contributed by atoms with Crippen LogP contribution in [-0.4, -0.2) is 40.7 Å². The van der Waals surface area contributed by atoms with Crippen LogP contribution in [0.3, 0.4) is 0 Å². The third kappa shape index (κ3) is 2.17. The maximum atomic E-state index is 12.0. The minimum absolute atomic E-state index is 0.200. The molecular formula is C10H12F3NO2. The van der Waals surface area contributed by atoms with E-state index in [1.807, 2.05) is 5.92 Å². The second-order valence-electron chi connectivity index (χ2n) is 4.34. The van der Waals surface area contributed by atoms with Gasteiger partial charge in [-0.15, -0.1) is 0 Å². The molecule has 1 aliphatic heterocycles. The van der Waals surface area contributed by atoms with Crippen LogP contribution in [0.5, 0.6) is 0 Å². The van der Waals surface area contributed by atoms with Crippen LogP contribution in [-0.2, 0) is 0 Å². The van der Waals surface area contributed by atoms with E-state index in [1.54, 1.807) is 0 Å². The van der Waals surface area contributed by atoms with Gasteiger partial charge in [-0.25, -0.2) is 0 Å². The van der Waals surface area contributed by atoms with Gasteiger partial charge in [0, 0.05) is 18.0 Å². The van der Waals surface area contributed by atoms with Gasteiger partial charge in [0.2, 0.25) is 0 Å². The van der Waals surface area contributed by atoms with E-state index < -0.39 is 29.8 Å². The molecule has 3 atom stereocenters. The quantitative estimate of drug-likeness (QED) is 0.519. The number of aliphatic hydroxyl groups is 2. The molecule has 16 heavy (non-hydrogen) atoms. The van der Waals surface area contributed by atoms with E-state index in [4.69, 9.17) is 0 Å². The number of hydrogen-bond donors (Lipinski definition) is 3. The predicted molar refractivity (Wildman–Crippen MR) is 49.3 cm³/mol. The molecule has 1 spiro atoms. The zero-order valence-corrected chi connectivity index (χ0v) is 8.38. The van der Waals surface area contributed by atoms with Crippen molar-refractivity contribution < 1.29 is 23.4 Å². The fourth-order valence-electron chi connectivity index (χ4n) is 2.09. The van der Waals surface area contributed by atoms with Gasteiger partial charge in [0.25, 0.3) is 0 Å². The van der Waals surface area contributed by atoms with E-state index in [-0.39, 0.29) is 6.54 Å². The van der Waals surface area contributed by atoms with E-state index in [1.165, 1.54) is 5.92 Å². The Hall–Kier alpha value is -0.770. The Morgan fingerprint density at radius 2 is 1.88 bits per heavy atom. The van der Waals surface area contributed by atoms with E-state index in [9.17, 15) is 23.4 Å². The van der Waals surface area contributed by atoms with Gasteiger partial charge in [-0.05, 0) is 12.8 Å². The Kier molecular flexibility index (Phi) is 2.65. The molecule has 0 aromatic rings. The van der Waals surface area contributed by atoms with Crippen molar-refractivity contribution in [3.63, 3.8) is 0 Å². The maximum Gasteiger partial charge on any atom is 0.457 e. The van der Waals surface area contributed by atoms with E-state index in [2.05, 4.69) is 5.32 Å². The van der Waals surface area contributed by atoms with Gasteiger partial charge in [-0.2, -0.15) is 13.2 Å². The van der Waals surface area contributed by atoms with Gasteiger partial charge < -0.3 is 15.5 Å². The summed E-state index contributed by atoms with van der Waals surface area (Å²) in [6.45, 7) is 0.200. The third-order valence-corrected chi connectivity index (χ3v) is 3.15. The van der Waals surface area contributed by atoms with Crippen molar-refractivity contribution in [1.29, 1.82) is 0 Å². The fourth-order valence-corrected chi connectivity index (χ4v) is 2.09. The fraction of sp³-hybridized carbons (Fsp3) is 0.800. The molecule has 1 heterocycles. The van der Waals surface area contributed by atoms with Crippen LogP contribution < -0.4 is 5.32 Å². The Balaban J connectivity index is 2.18. The summed E-state index contributed by atoms with van der Waals surface area (Å²) < 4.78 is 35.9. The number of alkyl halides is 3. The summed E-state index contributed by atoms with van der Waals surface area (Å²) in [6, 6.07) is 0. The van der Waals surface area contributed by atoms with Gasteiger partial charge in [-0.1, -0.05) is 5.92 Å². The zero-order chi connectivity index (χ0) is 12.0. The number of halogens is 3. The highest BCUT2D eigenvalue weighted by atomic mass is 19.4. The highest BCUT2D eigenvalue weighted by Gasteiger charge is 2.55. The molecule has 2 aliphatic rings. The molecule has 2 rings (SSSR count).